The van der Waals surface area contributed by atoms with Crippen molar-refractivity contribution in [3.63, 3.8) is 0 Å². The van der Waals surface area contributed by atoms with Crippen molar-refractivity contribution in [1.82, 2.24) is 14.8 Å². The molecule has 0 spiro atoms. The van der Waals surface area contributed by atoms with Crippen molar-refractivity contribution >= 4 is 49.9 Å². The van der Waals surface area contributed by atoms with Gasteiger partial charge in [-0.1, -0.05) is 0 Å². The zero-order valence-electron chi connectivity index (χ0n) is 11.5. The average Bonchev–Trinajstić information content (AvgIpc) is 3.04. The van der Waals surface area contributed by atoms with Crippen molar-refractivity contribution in [3.05, 3.63) is 39.3 Å². The third kappa shape index (κ3) is 2.84. The Morgan fingerprint density at radius 2 is 2.19 bits per heavy atom. The van der Waals surface area contributed by atoms with Gasteiger partial charge in [-0.25, -0.2) is 9.67 Å². The van der Waals surface area contributed by atoms with Gasteiger partial charge in [0.05, 0.1) is 26.7 Å². The zero-order chi connectivity index (χ0) is 15.0. The molecule has 3 aromatic rings. The molecule has 3 rings (SSSR count). The van der Waals surface area contributed by atoms with Crippen LogP contribution in [0.2, 0.25) is 0 Å². The number of carbonyl (C=O) groups excluding carboxylic acids is 1. The summed E-state index contributed by atoms with van der Waals surface area (Å²) < 4.78 is 2.79. The van der Waals surface area contributed by atoms with Gasteiger partial charge in [-0.2, -0.15) is 5.10 Å². The van der Waals surface area contributed by atoms with Crippen LogP contribution in [0.1, 0.15) is 29.6 Å². The number of fused-ring (bicyclic) bond motifs is 1. The Bertz CT molecular complexity index is 808. The molecule has 0 fully saturated rings. The van der Waals surface area contributed by atoms with Gasteiger partial charge < -0.3 is 5.32 Å². The molecule has 108 valence electrons. The first-order chi connectivity index (χ1) is 10.0. The normalized spacial score (nSPS) is 11.2. The van der Waals surface area contributed by atoms with E-state index < -0.39 is 0 Å². The second-order valence-electron chi connectivity index (χ2n) is 4.88. The number of hydrogen-bond acceptors (Lipinski definition) is 4. The zero-order valence-corrected chi connectivity index (χ0v) is 13.9. The van der Waals surface area contributed by atoms with E-state index in [1.165, 1.54) is 11.3 Å². The van der Waals surface area contributed by atoms with E-state index in [2.05, 4.69) is 45.2 Å². The highest BCUT2D eigenvalue weighted by atomic mass is 79.9. The van der Waals surface area contributed by atoms with Gasteiger partial charge in [0.2, 0.25) is 0 Å². The number of thiophene rings is 1. The molecule has 0 atom stereocenters. The third-order valence-electron chi connectivity index (χ3n) is 2.98. The fraction of sp³-hybridized carbons (Fsp3) is 0.214. The number of hydrogen-bond donors (Lipinski definition) is 1. The van der Waals surface area contributed by atoms with Crippen molar-refractivity contribution in [2.75, 3.05) is 5.32 Å². The van der Waals surface area contributed by atoms with Crippen LogP contribution in [0.4, 0.5) is 5.69 Å². The molecular weight excluding hydrogens is 352 g/mol. The van der Waals surface area contributed by atoms with Gasteiger partial charge in [0.15, 0.2) is 5.65 Å². The summed E-state index contributed by atoms with van der Waals surface area (Å²) in [7, 11) is 0. The van der Waals surface area contributed by atoms with Gasteiger partial charge in [-0.05, 0) is 48.0 Å². The Kier molecular flexibility index (Phi) is 3.77. The fourth-order valence-corrected chi connectivity index (χ4v) is 3.30. The Morgan fingerprint density at radius 3 is 2.86 bits per heavy atom. The van der Waals surface area contributed by atoms with Gasteiger partial charge in [-0.15, -0.1) is 11.3 Å². The number of amides is 1. The predicted molar refractivity (Wildman–Crippen MR) is 87.9 cm³/mol. The Balaban J connectivity index is 1.86. The second kappa shape index (κ2) is 5.57. The molecule has 1 N–H and O–H groups in total. The van der Waals surface area contributed by atoms with Crippen molar-refractivity contribution < 1.29 is 4.79 Å². The summed E-state index contributed by atoms with van der Waals surface area (Å²) in [5, 5.41) is 8.08. The Labute approximate surface area is 134 Å². The van der Waals surface area contributed by atoms with Crippen LogP contribution in [0.15, 0.2) is 34.4 Å². The smallest absolute Gasteiger partial charge is 0.265 e. The second-order valence-corrected chi connectivity index (χ2v) is 7.34. The number of anilines is 1. The SMILES string of the molecule is CC(C)n1ncc2cc(NC(=O)c3ccc(Br)s3)cnc21. The summed E-state index contributed by atoms with van der Waals surface area (Å²) in [6.45, 7) is 4.11. The van der Waals surface area contributed by atoms with E-state index >= 15 is 0 Å². The number of nitrogens with one attached hydrogen (secondary N) is 1. The molecule has 7 heteroatoms. The Hall–Kier alpha value is -1.73. The lowest BCUT2D eigenvalue weighted by Crippen LogP contribution is -2.10. The molecule has 5 nitrogen and oxygen atoms in total. The van der Waals surface area contributed by atoms with Gasteiger partial charge in [0.25, 0.3) is 5.91 Å². The molecule has 0 saturated heterocycles. The maximum atomic E-state index is 12.1. The van der Waals surface area contributed by atoms with Crippen molar-refractivity contribution in [2.45, 2.75) is 19.9 Å². The first kappa shape index (κ1) is 14.2. The number of aromatic nitrogens is 3. The van der Waals surface area contributed by atoms with Gasteiger partial charge >= 0.3 is 0 Å². The molecule has 0 saturated carbocycles. The molecule has 0 radical (unpaired) electrons. The minimum Gasteiger partial charge on any atom is -0.320 e. The molecular formula is C14H13BrN4OS. The van der Waals surface area contributed by atoms with Crippen LogP contribution < -0.4 is 5.32 Å². The standard InChI is InChI=1S/C14H13BrN4OS/c1-8(2)19-13-9(6-17-19)5-10(7-16-13)18-14(20)11-3-4-12(15)21-11/h3-8H,1-2H3,(H,18,20). The quantitative estimate of drug-likeness (QED) is 0.761. The first-order valence-electron chi connectivity index (χ1n) is 6.44. The fourth-order valence-electron chi connectivity index (χ4n) is 2.02. The van der Waals surface area contributed by atoms with Crippen LogP contribution in [0.5, 0.6) is 0 Å². The first-order valence-corrected chi connectivity index (χ1v) is 8.05. The van der Waals surface area contributed by atoms with Crippen LogP contribution in [0, 0.1) is 0 Å². The van der Waals surface area contributed by atoms with E-state index in [-0.39, 0.29) is 11.9 Å². The van der Waals surface area contributed by atoms with E-state index in [1.807, 2.05) is 16.8 Å². The average molecular weight is 365 g/mol. The number of pyridine rings is 1. The number of rotatable bonds is 3. The van der Waals surface area contributed by atoms with Gasteiger partial charge in [0, 0.05) is 11.4 Å². The van der Waals surface area contributed by atoms with Crippen molar-refractivity contribution in [1.29, 1.82) is 0 Å². The summed E-state index contributed by atoms with van der Waals surface area (Å²) in [6.07, 6.45) is 3.42. The topological polar surface area (TPSA) is 59.8 Å². The molecule has 3 aromatic heterocycles. The number of carbonyl (C=O) groups is 1. The monoisotopic (exact) mass is 364 g/mol. The van der Waals surface area contributed by atoms with Gasteiger partial charge in [-0.3, -0.25) is 4.79 Å². The minimum absolute atomic E-state index is 0.136. The highest BCUT2D eigenvalue weighted by molar-refractivity contribution is 9.11. The van der Waals surface area contributed by atoms with Crippen LogP contribution in [-0.4, -0.2) is 20.7 Å². The molecule has 0 aliphatic carbocycles. The largest absolute Gasteiger partial charge is 0.320 e. The molecule has 0 aliphatic rings. The molecule has 0 aliphatic heterocycles. The molecule has 0 aromatic carbocycles. The van der Waals surface area contributed by atoms with Crippen molar-refractivity contribution in [3.8, 4) is 0 Å². The van der Waals surface area contributed by atoms with E-state index in [0.29, 0.717) is 10.6 Å². The summed E-state index contributed by atoms with van der Waals surface area (Å²) in [5.41, 5.74) is 1.49. The van der Waals surface area contributed by atoms with Gasteiger partial charge in [0.1, 0.15) is 0 Å². The Morgan fingerprint density at radius 1 is 1.38 bits per heavy atom. The lowest BCUT2D eigenvalue weighted by molar-refractivity contribution is 0.103. The number of nitrogens with zero attached hydrogens (tertiary/aromatic N) is 3. The maximum Gasteiger partial charge on any atom is 0.265 e. The van der Waals surface area contributed by atoms with Crippen LogP contribution in [-0.2, 0) is 0 Å². The molecule has 0 unspecified atom stereocenters. The van der Waals surface area contributed by atoms with E-state index in [1.54, 1.807) is 18.5 Å². The molecule has 21 heavy (non-hydrogen) atoms. The van der Waals surface area contributed by atoms with E-state index in [4.69, 9.17) is 0 Å². The number of halogens is 1. The van der Waals surface area contributed by atoms with Crippen LogP contribution >= 0.6 is 27.3 Å². The third-order valence-corrected chi connectivity index (χ3v) is 4.60. The summed E-state index contributed by atoms with van der Waals surface area (Å²) >= 11 is 4.74. The van der Waals surface area contributed by atoms with Crippen LogP contribution in [0.25, 0.3) is 11.0 Å². The molecule has 0 bridgehead atoms. The molecule has 1 amide bonds. The minimum atomic E-state index is -0.136. The molecule has 3 heterocycles. The summed E-state index contributed by atoms with van der Waals surface area (Å²) in [6, 6.07) is 5.77. The highest BCUT2D eigenvalue weighted by Gasteiger charge is 2.11. The van der Waals surface area contributed by atoms with Crippen molar-refractivity contribution in [2.24, 2.45) is 0 Å². The summed E-state index contributed by atoms with van der Waals surface area (Å²) in [4.78, 5) is 17.2. The maximum absolute atomic E-state index is 12.1. The van der Waals surface area contributed by atoms with E-state index in [9.17, 15) is 4.79 Å². The lowest BCUT2D eigenvalue weighted by Gasteiger charge is -2.07. The van der Waals surface area contributed by atoms with E-state index in [0.717, 1.165) is 14.8 Å². The van der Waals surface area contributed by atoms with Crippen LogP contribution in [0.3, 0.4) is 0 Å². The highest BCUT2D eigenvalue weighted by Crippen LogP contribution is 2.24. The lowest BCUT2D eigenvalue weighted by atomic mass is 10.3. The predicted octanol–water partition coefficient (Wildman–Crippen LogP) is 4.09. The summed E-state index contributed by atoms with van der Waals surface area (Å²) in [5.74, 6) is -0.136.